The van der Waals surface area contributed by atoms with Gasteiger partial charge < -0.3 is 10.0 Å². The van der Waals surface area contributed by atoms with Gasteiger partial charge in [0.2, 0.25) is 0 Å². The van der Waals surface area contributed by atoms with E-state index < -0.39 is 5.97 Å². The van der Waals surface area contributed by atoms with Gasteiger partial charge in [-0.05, 0) is 58.7 Å². The van der Waals surface area contributed by atoms with Gasteiger partial charge in [-0.1, -0.05) is 12.8 Å². The highest BCUT2D eigenvalue weighted by molar-refractivity contribution is 5.68. The first-order valence-corrected chi connectivity index (χ1v) is 8.29. The normalized spacial score (nSPS) is 39.6. The number of aliphatic carboxylic acids is 1. The van der Waals surface area contributed by atoms with Crippen LogP contribution in [0.5, 0.6) is 0 Å². The van der Waals surface area contributed by atoms with E-state index in [0.29, 0.717) is 18.5 Å². The Morgan fingerprint density at radius 2 is 1.65 bits per heavy atom. The third kappa shape index (κ3) is 2.60. The summed E-state index contributed by atoms with van der Waals surface area (Å²) in [6, 6.07) is 1.22. The number of carboxylic acid groups (broad SMARTS) is 1. The van der Waals surface area contributed by atoms with Crippen molar-refractivity contribution in [3.8, 4) is 0 Å². The molecular formula is C16H28N2O2. The lowest BCUT2D eigenvalue weighted by atomic mass is 9.78. The molecule has 0 aromatic heterocycles. The maximum Gasteiger partial charge on any atom is 0.305 e. The molecule has 3 fully saturated rings. The van der Waals surface area contributed by atoms with E-state index in [9.17, 15) is 9.90 Å². The molecule has 3 rings (SSSR count). The fourth-order valence-electron chi connectivity index (χ4n) is 4.88. The Morgan fingerprint density at radius 3 is 2.15 bits per heavy atom. The number of nitrogens with zero attached hydrogens (tertiary/aromatic N) is 2. The van der Waals surface area contributed by atoms with Crippen molar-refractivity contribution in [2.45, 2.75) is 75.4 Å². The number of likely N-dealkylation sites (tertiary alicyclic amines) is 1. The van der Waals surface area contributed by atoms with Gasteiger partial charge in [-0.25, -0.2) is 0 Å². The minimum absolute atomic E-state index is 0.0610. The van der Waals surface area contributed by atoms with E-state index >= 15 is 0 Å². The van der Waals surface area contributed by atoms with Crippen molar-refractivity contribution in [3.05, 3.63) is 0 Å². The number of fused-ring (bicyclic) bond motifs is 2. The molecule has 0 amide bonds. The lowest BCUT2D eigenvalue weighted by Gasteiger charge is -2.51. The summed E-state index contributed by atoms with van der Waals surface area (Å²) < 4.78 is 0. The van der Waals surface area contributed by atoms with Gasteiger partial charge in [0, 0.05) is 17.6 Å². The molecule has 4 heteroatoms. The van der Waals surface area contributed by atoms with Crippen LogP contribution in [-0.2, 0) is 4.79 Å². The molecule has 114 valence electrons. The second-order valence-electron chi connectivity index (χ2n) is 7.15. The average molecular weight is 280 g/mol. The Kier molecular flexibility index (Phi) is 4.04. The van der Waals surface area contributed by atoms with E-state index in [4.69, 9.17) is 0 Å². The van der Waals surface area contributed by atoms with Crippen LogP contribution in [0.25, 0.3) is 0 Å². The van der Waals surface area contributed by atoms with Gasteiger partial charge in [0.05, 0.1) is 6.42 Å². The molecule has 2 bridgehead atoms. The molecule has 3 saturated heterocycles. The monoisotopic (exact) mass is 280 g/mol. The summed E-state index contributed by atoms with van der Waals surface area (Å²) in [6.07, 6.45) is 10.1. The Bertz CT molecular complexity index is 349. The maximum atomic E-state index is 11.5. The summed E-state index contributed by atoms with van der Waals surface area (Å²) in [5.74, 6) is -0.613. The zero-order valence-electron chi connectivity index (χ0n) is 12.7. The van der Waals surface area contributed by atoms with Gasteiger partial charge >= 0.3 is 5.97 Å². The highest BCUT2D eigenvalue weighted by atomic mass is 16.4. The fraction of sp³-hybridized carbons (Fsp3) is 0.938. The molecule has 0 radical (unpaired) electrons. The molecule has 3 aliphatic heterocycles. The van der Waals surface area contributed by atoms with Crippen LogP contribution in [0.3, 0.4) is 0 Å². The molecule has 0 aromatic carbocycles. The molecule has 0 saturated carbocycles. The number of rotatable bonds is 3. The largest absolute Gasteiger partial charge is 0.481 e. The maximum absolute atomic E-state index is 11.5. The highest BCUT2D eigenvalue weighted by Gasteiger charge is 2.50. The van der Waals surface area contributed by atoms with E-state index in [1.807, 2.05) is 0 Å². The van der Waals surface area contributed by atoms with Crippen LogP contribution in [0.4, 0.5) is 0 Å². The van der Waals surface area contributed by atoms with Gasteiger partial charge in [-0.2, -0.15) is 0 Å². The first kappa shape index (κ1) is 14.3. The molecule has 1 N–H and O–H groups in total. The van der Waals surface area contributed by atoms with Crippen LogP contribution >= 0.6 is 0 Å². The second-order valence-corrected chi connectivity index (χ2v) is 7.15. The molecular weight excluding hydrogens is 252 g/mol. The minimum Gasteiger partial charge on any atom is -0.481 e. The number of hydrogen-bond donors (Lipinski definition) is 1. The Hall–Kier alpha value is -0.610. The standard InChI is InChI=1S/C16H28N2O2/c1-17-13-6-7-14(17)11-16(10-13,12-15(19)20)18-8-4-2-3-5-9-18/h13-14H,2-12H2,1H3,(H,19,20). The first-order valence-electron chi connectivity index (χ1n) is 8.29. The molecule has 3 aliphatic rings. The van der Waals surface area contributed by atoms with Crippen LogP contribution in [-0.4, -0.2) is 58.6 Å². The Morgan fingerprint density at radius 1 is 1.10 bits per heavy atom. The highest BCUT2D eigenvalue weighted by Crippen LogP contribution is 2.45. The number of carbonyl (C=O) groups is 1. The zero-order chi connectivity index (χ0) is 14.2. The summed E-state index contributed by atoms with van der Waals surface area (Å²) in [5.41, 5.74) is -0.0610. The second kappa shape index (κ2) is 5.64. The van der Waals surface area contributed by atoms with E-state index in [0.717, 1.165) is 25.9 Å². The van der Waals surface area contributed by atoms with Gasteiger partial charge in [0.25, 0.3) is 0 Å². The Balaban J connectivity index is 1.83. The van der Waals surface area contributed by atoms with Crippen molar-refractivity contribution in [1.82, 2.24) is 9.80 Å². The lowest BCUT2D eigenvalue weighted by Crippen LogP contribution is -2.59. The topological polar surface area (TPSA) is 43.8 Å². The predicted octanol–water partition coefficient (Wildman–Crippen LogP) is 2.33. The van der Waals surface area contributed by atoms with Crippen molar-refractivity contribution in [2.24, 2.45) is 0 Å². The third-order valence-electron chi connectivity index (χ3n) is 5.97. The van der Waals surface area contributed by atoms with E-state index in [-0.39, 0.29) is 5.54 Å². The Labute approximate surface area is 122 Å². The number of piperidine rings is 1. The van der Waals surface area contributed by atoms with Crippen LogP contribution < -0.4 is 0 Å². The van der Waals surface area contributed by atoms with Gasteiger partial charge in [0.1, 0.15) is 0 Å². The lowest BCUT2D eigenvalue weighted by molar-refractivity contribution is -0.142. The summed E-state index contributed by atoms with van der Waals surface area (Å²) in [4.78, 5) is 16.6. The molecule has 0 spiro atoms. The summed E-state index contributed by atoms with van der Waals surface area (Å²) in [6.45, 7) is 2.22. The van der Waals surface area contributed by atoms with Crippen molar-refractivity contribution < 1.29 is 9.90 Å². The van der Waals surface area contributed by atoms with Crippen LogP contribution in [0.1, 0.15) is 57.8 Å². The first-order chi connectivity index (χ1) is 9.61. The minimum atomic E-state index is -0.613. The number of hydrogen-bond acceptors (Lipinski definition) is 3. The quantitative estimate of drug-likeness (QED) is 0.862. The average Bonchev–Trinajstić information content (AvgIpc) is 2.67. The van der Waals surface area contributed by atoms with Crippen LogP contribution in [0.15, 0.2) is 0 Å². The molecule has 2 unspecified atom stereocenters. The fourth-order valence-corrected chi connectivity index (χ4v) is 4.88. The predicted molar refractivity (Wildman–Crippen MR) is 78.8 cm³/mol. The van der Waals surface area contributed by atoms with E-state index in [2.05, 4.69) is 16.8 Å². The van der Waals surface area contributed by atoms with Crippen LogP contribution in [0, 0.1) is 0 Å². The van der Waals surface area contributed by atoms with Gasteiger partial charge in [0.15, 0.2) is 0 Å². The molecule has 0 aliphatic carbocycles. The van der Waals surface area contributed by atoms with Crippen molar-refractivity contribution in [2.75, 3.05) is 20.1 Å². The third-order valence-corrected chi connectivity index (χ3v) is 5.97. The molecule has 2 atom stereocenters. The van der Waals surface area contributed by atoms with Crippen LogP contribution in [0.2, 0.25) is 0 Å². The van der Waals surface area contributed by atoms with Gasteiger partial charge in [-0.15, -0.1) is 0 Å². The van der Waals surface area contributed by atoms with E-state index in [1.165, 1.54) is 38.5 Å². The molecule has 0 aromatic rings. The van der Waals surface area contributed by atoms with E-state index in [1.54, 1.807) is 0 Å². The summed E-state index contributed by atoms with van der Waals surface area (Å²) >= 11 is 0. The summed E-state index contributed by atoms with van der Waals surface area (Å²) in [7, 11) is 2.23. The van der Waals surface area contributed by atoms with Gasteiger partial charge in [-0.3, -0.25) is 9.69 Å². The van der Waals surface area contributed by atoms with Crippen molar-refractivity contribution in [1.29, 1.82) is 0 Å². The smallest absolute Gasteiger partial charge is 0.305 e. The van der Waals surface area contributed by atoms with Crippen molar-refractivity contribution in [3.63, 3.8) is 0 Å². The SMILES string of the molecule is CN1C2CCC1CC(CC(=O)O)(N1CCCCCC1)C2. The molecule has 4 nitrogen and oxygen atoms in total. The van der Waals surface area contributed by atoms with Crippen molar-refractivity contribution >= 4 is 5.97 Å². The molecule has 3 heterocycles. The number of carboxylic acids is 1. The molecule has 20 heavy (non-hydrogen) atoms. The zero-order valence-corrected chi connectivity index (χ0v) is 12.7. The summed E-state index contributed by atoms with van der Waals surface area (Å²) in [5, 5.41) is 9.45.